The van der Waals surface area contributed by atoms with Crippen molar-refractivity contribution in [3.05, 3.63) is 0 Å². The van der Waals surface area contributed by atoms with E-state index < -0.39 is 6.10 Å². The van der Waals surface area contributed by atoms with Crippen LogP contribution in [0, 0.1) is 11.8 Å². The Hall–Kier alpha value is -1.59. The minimum Gasteiger partial charge on any atom is -0.462 e. The van der Waals surface area contributed by atoms with Crippen molar-refractivity contribution in [3.63, 3.8) is 0 Å². The summed E-state index contributed by atoms with van der Waals surface area (Å²) in [6.45, 7) is 11.3. The molecule has 6 nitrogen and oxygen atoms in total. The van der Waals surface area contributed by atoms with E-state index >= 15 is 0 Å². The topological polar surface area (TPSA) is 78.9 Å². The summed E-state index contributed by atoms with van der Waals surface area (Å²) in [5.41, 5.74) is 0. The van der Waals surface area contributed by atoms with Crippen LogP contribution in [0.2, 0.25) is 0 Å². The average molecular weight is 877 g/mol. The van der Waals surface area contributed by atoms with Crippen molar-refractivity contribution in [2.75, 3.05) is 13.2 Å². The first-order chi connectivity index (χ1) is 30.2. The number of rotatable bonds is 50. The van der Waals surface area contributed by atoms with Crippen molar-refractivity contribution >= 4 is 17.9 Å². The maximum atomic E-state index is 12.8. The van der Waals surface area contributed by atoms with Gasteiger partial charge in [0.05, 0.1) is 0 Å². The van der Waals surface area contributed by atoms with Gasteiger partial charge in [-0.25, -0.2) is 0 Å². The zero-order valence-corrected chi connectivity index (χ0v) is 42.5. The Morgan fingerprint density at radius 1 is 0.306 bits per heavy atom. The number of carbonyl (C=O) groups excluding carboxylic acids is 3. The van der Waals surface area contributed by atoms with Crippen LogP contribution >= 0.6 is 0 Å². The smallest absolute Gasteiger partial charge is 0.306 e. The summed E-state index contributed by atoms with van der Waals surface area (Å²) < 4.78 is 16.8. The molecule has 0 heterocycles. The van der Waals surface area contributed by atoms with E-state index in [2.05, 4.69) is 34.6 Å². The van der Waals surface area contributed by atoms with Crippen molar-refractivity contribution in [3.8, 4) is 0 Å². The van der Waals surface area contributed by atoms with Gasteiger partial charge in [0.15, 0.2) is 6.10 Å². The molecule has 0 aliphatic rings. The molecule has 62 heavy (non-hydrogen) atoms. The Labute approximate surface area is 387 Å². The lowest BCUT2D eigenvalue weighted by molar-refractivity contribution is -0.167. The van der Waals surface area contributed by atoms with Gasteiger partial charge in [-0.3, -0.25) is 14.4 Å². The van der Waals surface area contributed by atoms with Crippen LogP contribution in [0.3, 0.4) is 0 Å². The maximum absolute atomic E-state index is 12.8. The zero-order valence-electron chi connectivity index (χ0n) is 42.5. The molecule has 0 unspecified atom stereocenters. The van der Waals surface area contributed by atoms with Crippen LogP contribution in [-0.4, -0.2) is 37.2 Å². The average Bonchev–Trinajstić information content (AvgIpc) is 3.24. The Morgan fingerprint density at radius 3 is 0.790 bits per heavy atom. The fraction of sp³-hybridized carbons (Fsp3) is 0.946. The van der Waals surface area contributed by atoms with Gasteiger partial charge in [0.25, 0.3) is 0 Å². The van der Waals surface area contributed by atoms with Gasteiger partial charge in [-0.15, -0.1) is 0 Å². The number of esters is 3. The summed E-state index contributed by atoms with van der Waals surface area (Å²) in [4.78, 5) is 38.0. The molecule has 6 heteroatoms. The number of hydrogen-bond acceptors (Lipinski definition) is 6. The maximum Gasteiger partial charge on any atom is 0.306 e. The van der Waals surface area contributed by atoms with E-state index in [-0.39, 0.29) is 31.1 Å². The fourth-order valence-electron chi connectivity index (χ4n) is 8.52. The number of carbonyl (C=O) groups is 3. The van der Waals surface area contributed by atoms with E-state index in [1.807, 2.05) is 0 Å². The van der Waals surface area contributed by atoms with E-state index in [1.54, 1.807) is 0 Å². The standard InChI is InChI=1S/C56H108O6/c1-6-7-8-9-10-11-12-13-14-18-22-25-28-31-38-43-48-56(59)62-53(50-61-55(58)47-42-37-33-32-35-40-45-52(4)5)49-60-54(57)46-41-36-30-27-24-21-19-16-15-17-20-23-26-29-34-39-44-51(2)3/h51-53H,6-50H2,1-5H3/t53-/m1/s1. The van der Waals surface area contributed by atoms with Gasteiger partial charge in [-0.2, -0.15) is 0 Å². The van der Waals surface area contributed by atoms with Gasteiger partial charge in [0.2, 0.25) is 0 Å². The molecule has 0 amide bonds. The van der Waals surface area contributed by atoms with Crippen LogP contribution in [0.4, 0.5) is 0 Å². The molecule has 0 aromatic rings. The number of hydrogen-bond donors (Lipinski definition) is 0. The van der Waals surface area contributed by atoms with Crippen LogP contribution in [0.15, 0.2) is 0 Å². The van der Waals surface area contributed by atoms with Crippen LogP contribution in [0.1, 0.15) is 311 Å². The molecule has 368 valence electrons. The van der Waals surface area contributed by atoms with E-state index in [9.17, 15) is 14.4 Å². The second kappa shape index (κ2) is 48.9. The summed E-state index contributed by atoms with van der Waals surface area (Å²) in [5, 5.41) is 0. The highest BCUT2D eigenvalue weighted by molar-refractivity contribution is 5.71. The third-order valence-electron chi connectivity index (χ3n) is 12.7. The molecule has 0 aliphatic heterocycles. The number of ether oxygens (including phenoxy) is 3. The summed E-state index contributed by atoms with van der Waals surface area (Å²) in [6.07, 6.45) is 51.1. The number of unbranched alkanes of at least 4 members (excludes halogenated alkanes) is 35. The first-order valence-electron chi connectivity index (χ1n) is 27.7. The Balaban J connectivity index is 4.22. The van der Waals surface area contributed by atoms with Gasteiger partial charge in [0, 0.05) is 19.3 Å². The highest BCUT2D eigenvalue weighted by Crippen LogP contribution is 2.18. The third kappa shape index (κ3) is 49.4. The quantitative estimate of drug-likeness (QED) is 0.0344. The molecule has 0 bridgehead atoms. The molecule has 0 saturated heterocycles. The Kier molecular flexibility index (Phi) is 47.6. The molecule has 0 aliphatic carbocycles. The molecule has 0 rings (SSSR count). The molecule has 0 radical (unpaired) electrons. The SMILES string of the molecule is CCCCCCCCCCCCCCCCCCC(=O)O[C@H](COC(=O)CCCCCCCCCCCCCCCCCCC(C)C)COC(=O)CCCCCCCCC(C)C. The molecule has 0 N–H and O–H groups in total. The zero-order chi connectivity index (χ0) is 45.4. The summed E-state index contributed by atoms with van der Waals surface area (Å²) in [7, 11) is 0. The second-order valence-corrected chi connectivity index (χ2v) is 20.2. The second-order valence-electron chi connectivity index (χ2n) is 20.2. The summed E-state index contributed by atoms with van der Waals surface area (Å²) in [6, 6.07) is 0. The minimum atomic E-state index is -0.762. The van der Waals surface area contributed by atoms with E-state index in [0.29, 0.717) is 19.3 Å². The predicted molar refractivity (Wildman–Crippen MR) is 266 cm³/mol. The highest BCUT2D eigenvalue weighted by Gasteiger charge is 2.19. The van der Waals surface area contributed by atoms with Gasteiger partial charge >= 0.3 is 17.9 Å². The van der Waals surface area contributed by atoms with Crippen LogP contribution in [0.5, 0.6) is 0 Å². The monoisotopic (exact) mass is 877 g/mol. The van der Waals surface area contributed by atoms with Gasteiger partial charge in [-0.1, -0.05) is 272 Å². The van der Waals surface area contributed by atoms with E-state index in [1.165, 1.54) is 199 Å². The lowest BCUT2D eigenvalue weighted by Crippen LogP contribution is -2.30. The van der Waals surface area contributed by atoms with Crippen molar-refractivity contribution in [1.29, 1.82) is 0 Å². The molecular weight excluding hydrogens is 769 g/mol. The molecule has 0 saturated carbocycles. The van der Waals surface area contributed by atoms with Crippen molar-refractivity contribution in [2.45, 2.75) is 317 Å². The predicted octanol–water partition coefficient (Wildman–Crippen LogP) is 18.1. The van der Waals surface area contributed by atoms with Crippen molar-refractivity contribution in [1.82, 2.24) is 0 Å². The minimum absolute atomic E-state index is 0.0639. The first kappa shape index (κ1) is 60.4. The van der Waals surface area contributed by atoms with E-state index in [0.717, 1.165) is 69.6 Å². The van der Waals surface area contributed by atoms with Crippen molar-refractivity contribution < 1.29 is 28.6 Å². The Morgan fingerprint density at radius 2 is 0.532 bits per heavy atom. The van der Waals surface area contributed by atoms with Crippen molar-refractivity contribution in [2.24, 2.45) is 11.8 Å². The van der Waals surface area contributed by atoms with E-state index in [4.69, 9.17) is 14.2 Å². The molecule has 0 aromatic carbocycles. The molecule has 0 fully saturated rings. The largest absolute Gasteiger partial charge is 0.462 e. The third-order valence-corrected chi connectivity index (χ3v) is 12.7. The Bertz CT molecular complexity index is 947. The first-order valence-corrected chi connectivity index (χ1v) is 27.7. The molecule has 0 aromatic heterocycles. The molecule has 1 atom stereocenters. The summed E-state index contributed by atoms with van der Waals surface area (Å²) in [5.74, 6) is 0.768. The van der Waals surface area contributed by atoms with Gasteiger partial charge in [-0.05, 0) is 31.1 Å². The highest BCUT2D eigenvalue weighted by atomic mass is 16.6. The lowest BCUT2D eigenvalue weighted by Gasteiger charge is -2.18. The molecule has 0 spiro atoms. The van der Waals surface area contributed by atoms with Crippen LogP contribution in [0.25, 0.3) is 0 Å². The molecular formula is C56H108O6. The van der Waals surface area contributed by atoms with Gasteiger partial charge in [0.1, 0.15) is 13.2 Å². The lowest BCUT2D eigenvalue weighted by atomic mass is 10.0. The fourth-order valence-corrected chi connectivity index (χ4v) is 8.52. The normalized spacial score (nSPS) is 12.0. The van der Waals surface area contributed by atoms with Crippen LogP contribution < -0.4 is 0 Å². The summed E-state index contributed by atoms with van der Waals surface area (Å²) >= 11 is 0. The van der Waals surface area contributed by atoms with Gasteiger partial charge < -0.3 is 14.2 Å². The van der Waals surface area contributed by atoms with Crippen LogP contribution in [-0.2, 0) is 28.6 Å².